The summed E-state index contributed by atoms with van der Waals surface area (Å²) >= 11 is 1.68. The number of aromatic nitrogens is 4. The van der Waals surface area contributed by atoms with Crippen LogP contribution in [0, 0.1) is 0 Å². The molecule has 1 aliphatic heterocycles. The molecule has 0 aliphatic carbocycles. The molecule has 1 amide bonds. The van der Waals surface area contributed by atoms with Crippen molar-refractivity contribution < 1.29 is 9.53 Å². The molecule has 1 N–H and O–H groups in total. The monoisotopic (exact) mass is 372 g/mol. The Morgan fingerprint density at radius 2 is 2.19 bits per heavy atom. The summed E-state index contributed by atoms with van der Waals surface area (Å²) in [6, 6.07) is 4.07. The van der Waals surface area contributed by atoms with Crippen LogP contribution < -0.4 is 10.2 Å². The van der Waals surface area contributed by atoms with Crippen LogP contribution in [0.5, 0.6) is 0 Å². The molecule has 0 aromatic carbocycles. The van der Waals surface area contributed by atoms with Crippen LogP contribution in [0.4, 0.5) is 5.82 Å². The van der Waals surface area contributed by atoms with E-state index in [1.807, 2.05) is 18.5 Å². The Morgan fingerprint density at radius 3 is 2.96 bits per heavy atom. The zero-order valence-electron chi connectivity index (χ0n) is 14.5. The second-order valence-corrected chi connectivity index (χ2v) is 7.09. The van der Waals surface area contributed by atoms with Gasteiger partial charge in [-0.1, -0.05) is 6.07 Å². The summed E-state index contributed by atoms with van der Waals surface area (Å²) in [6.45, 7) is 3.32. The number of anilines is 1. The fourth-order valence-corrected chi connectivity index (χ4v) is 3.67. The summed E-state index contributed by atoms with van der Waals surface area (Å²) in [6.07, 6.45) is 2.55. The van der Waals surface area contributed by atoms with E-state index >= 15 is 0 Å². The Kier molecular flexibility index (Phi) is 4.81. The van der Waals surface area contributed by atoms with Crippen LogP contribution in [-0.2, 0) is 18.2 Å². The minimum absolute atomic E-state index is 0.175. The molecule has 136 valence electrons. The van der Waals surface area contributed by atoms with E-state index in [0.29, 0.717) is 25.4 Å². The van der Waals surface area contributed by atoms with E-state index in [1.165, 1.54) is 4.88 Å². The van der Waals surface area contributed by atoms with Crippen molar-refractivity contribution in [1.29, 1.82) is 0 Å². The number of nitrogens with zero attached hydrogens (tertiary/aromatic N) is 5. The van der Waals surface area contributed by atoms with Crippen LogP contribution in [-0.4, -0.2) is 58.5 Å². The summed E-state index contributed by atoms with van der Waals surface area (Å²) in [7, 11) is 1.82. The van der Waals surface area contributed by atoms with Gasteiger partial charge >= 0.3 is 0 Å². The zero-order chi connectivity index (χ0) is 17.9. The maximum Gasteiger partial charge on any atom is 0.289 e. The van der Waals surface area contributed by atoms with Crippen molar-refractivity contribution in [2.45, 2.75) is 6.42 Å². The molecular weight excluding hydrogens is 352 g/mol. The van der Waals surface area contributed by atoms with E-state index < -0.39 is 0 Å². The fraction of sp³-hybridized carbons (Fsp3) is 0.412. The third kappa shape index (κ3) is 3.40. The lowest BCUT2D eigenvalue weighted by molar-refractivity contribution is 0.0944. The van der Waals surface area contributed by atoms with Gasteiger partial charge < -0.3 is 15.0 Å². The van der Waals surface area contributed by atoms with Gasteiger partial charge in [-0.2, -0.15) is 5.10 Å². The average molecular weight is 372 g/mol. The van der Waals surface area contributed by atoms with Gasteiger partial charge in [0.05, 0.1) is 24.8 Å². The first-order valence-corrected chi connectivity index (χ1v) is 9.43. The van der Waals surface area contributed by atoms with Crippen LogP contribution >= 0.6 is 11.3 Å². The molecule has 0 atom stereocenters. The Labute approximate surface area is 154 Å². The number of nitrogens with one attached hydrogen (secondary N) is 1. The molecule has 1 aliphatic rings. The standard InChI is InChI=1S/C17H20N6O2S/c1-22-15-13(11-19-22)16(23-6-8-25-9-7-23)21-14(20-15)17(24)18-5-4-12-3-2-10-26-12/h2-3,10-11H,4-9H2,1H3,(H,18,24). The molecule has 4 heterocycles. The van der Waals surface area contributed by atoms with Crippen molar-refractivity contribution in [3.8, 4) is 0 Å². The molecule has 0 saturated carbocycles. The summed E-state index contributed by atoms with van der Waals surface area (Å²) in [5, 5.41) is 10.1. The van der Waals surface area contributed by atoms with Gasteiger partial charge in [0.1, 0.15) is 5.82 Å². The number of morpholine rings is 1. The number of amides is 1. The smallest absolute Gasteiger partial charge is 0.289 e. The lowest BCUT2D eigenvalue weighted by Gasteiger charge is -2.28. The SMILES string of the molecule is Cn1ncc2c(N3CCOCC3)nc(C(=O)NCCc3cccs3)nc21. The number of fused-ring (bicyclic) bond motifs is 1. The van der Waals surface area contributed by atoms with Gasteiger partial charge in [-0.25, -0.2) is 9.97 Å². The van der Waals surface area contributed by atoms with Crippen molar-refractivity contribution in [1.82, 2.24) is 25.1 Å². The van der Waals surface area contributed by atoms with Gasteiger partial charge in [-0.05, 0) is 17.9 Å². The minimum atomic E-state index is -0.265. The molecule has 0 radical (unpaired) electrons. The van der Waals surface area contributed by atoms with Crippen molar-refractivity contribution in [2.75, 3.05) is 37.7 Å². The summed E-state index contributed by atoms with van der Waals surface area (Å²) in [5.41, 5.74) is 0.657. The normalized spacial score (nSPS) is 14.7. The molecule has 3 aromatic rings. The molecule has 0 unspecified atom stereocenters. The summed E-state index contributed by atoms with van der Waals surface area (Å²) in [5.74, 6) is 0.655. The van der Waals surface area contributed by atoms with Crippen molar-refractivity contribution in [3.05, 3.63) is 34.4 Å². The number of hydrogen-bond donors (Lipinski definition) is 1. The number of ether oxygens (including phenoxy) is 1. The van der Waals surface area contributed by atoms with Gasteiger partial charge in [0.15, 0.2) is 5.65 Å². The Hall–Kier alpha value is -2.52. The molecule has 0 bridgehead atoms. The molecular formula is C17H20N6O2S. The van der Waals surface area contributed by atoms with Crippen LogP contribution in [0.3, 0.4) is 0 Å². The highest BCUT2D eigenvalue weighted by Gasteiger charge is 2.21. The molecule has 9 heteroatoms. The number of hydrogen-bond acceptors (Lipinski definition) is 7. The fourth-order valence-electron chi connectivity index (χ4n) is 2.96. The first-order chi connectivity index (χ1) is 12.7. The lowest BCUT2D eigenvalue weighted by atomic mass is 10.3. The molecule has 26 heavy (non-hydrogen) atoms. The van der Waals surface area contributed by atoms with Crippen LogP contribution in [0.25, 0.3) is 11.0 Å². The first-order valence-electron chi connectivity index (χ1n) is 8.55. The lowest BCUT2D eigenvalue weighted by Crippen LogP contribution is -2.37. The van der Waals surface area contributed by atoms with E-state index in [2.05, 4.69) is 31.3 Å². The van der Waals surface area contributed by atoms with Crippen molar-refractivity contribution in [2.24, 2.45) is 7.05 Å². The number of rotatable bonds is 5. The van der Waals surface area contributed by atoms with Gasteiger partial charge in [-0.3, -0.25) is 9.48 Å². The van der Waals surface area contributed by atoms with Crippen molar-refractivity contribution >= 4 is 34.1 Å². The van der Waals surface area contributed by atoms with Crippen LogP contribution in [0.2, 0.25) is 0 Å². The van der Waals surface area contributed by atoms with E-state index in [1.54, 1.807) is 22.2 Å². The Balaban J connectivity index is 1.57. The topological polar surface area (TPSA) is 85.2 Å². The van der Waals surface area contributed by atoms with Gasteiger partial charge in [0.2, 0.25) is 5.82 Å². The Morgan fingerprint density at radius 1 is 1.35 bits per heavy atom. The van der Waals surface area contributed by atoms with Crippen LogP contribution in [0.1, 0.15) is 15.5 Å². The number of thiophene rings is 1. The van der Waals surface area contributed by atoms with Gasteiger partial charge in [0.25, 0.3) is 5.91 Å². The Bertz CT molecular complexity index is 902. The van der Waals surface area contributed by atoms with Gasteiger partial charge in [0, 0.05) is 31.6 Å². The number of carbonyl (C=O) groups excluding carboxylic acids is 1. The minimum Gasteiger partial charge on any atom is -0.378 e. The molecule has 0 spiro atoms. The molecule has 4 rings (SSSR count). The number of carbonyl (C=O) groups is 1. The highest BCUT2D eigenvalue weighted by molar-refractivity contribution is 7.09. The first kappa shape index (κ1) is 16.9. The highest BCUT2D eigenvalue weighted by Crippen LogP contribution is 2.24. The van der Waals surface area contributed by atoms with E-state index in [4.69, 9.17) is 4.74 Å². The summed E-state index contributed by atoms with van der Waals surface area (Å²) < 4.78 is 7.09. The predicted molar refractivity (Wildman–Crippen MR) is 99.7 cm³/mol. The molecule has 3 aromatic heterocycles. The maximum atomic E-state index is 12.6. The van der Waals surface area contributed by atoms with E-state index in [9.17, 15) is 4.79 Å². The third-order valence-corrected chi connectivity index (χ3v) is 5.26. The zero-order valence-corrected chi connectivity index (χ0v) is 15.3. The quantitative estimate of drug-likeness (QED) is 0.725. The average Bonchev–Trinajstić information content (AvgIpc) is 3.32. The largest absolute Gasteiger partial charge is 0.378 e. The van der Waals surface area contributed by atoms with Crippen molar-refractivity contribution in [3.63, 3.8) is 0 Å². The van der Waals surface area contributed by atoms with E-state index in [0.717, 1.165) is 30.7 Å². The maximum absolute atomic E-state index is 12.6. The third-order valence-electron chi connectivity index (χ3n) is 4.32. The number of aryl methyl sites for hydroxylation is 1. The predicted octanol–water partition coefficient (Wildman–Crippen LogP) is 1.23. The molecule has 1 fully saturated rings. The highest BCUT2D eigenvalue weighted by atomic mass is 32.1. The van der Waals surface area contributed by atoms with Gasteiger partial charge in [-0.15, -0.1) is 11.3 Å². The second kappa shape index (κ2) is 7.38. The molecule has 1 saturated heterocycles. The van der Waals surface area contributed by atoms with E-state index in [-0.39, 0.29) is 11.7 Å². The molecule has 8 nitrogen and oxygen atoms in total. The second-order valence-electron chi connectivity index (χ2n) is 6.06. The van der Waals surface area contributed by atoms with Crippen LogP contribution in [0.15, 0.2) is 23.7 Å². The summed E-state index contributed by atoms with van der Waals surface area (Å²) in [4.78, 5) is 24.9.